The van der Waals surface area contributed by atoms with Crippen LogP contribution < -0.4 is 0 Å². The fourth-order valence-corrected chi connectivity index (χ4v) is 2.90. The van der Waals surface area contributed by atoms with E-state index in [1.807, 2.05) is 30.3 Å². The van der Waals surface area contributed by atoms with Crippen LogP contribution in [0.5, 0.6) is 0 Å². The molecule has 23 heavy (non-hydrogen) atoms. The molecule has 0 saturated carbocycles. The Kier molecular flexibility index (Phi) is 4.02. The molecule has 1 heterocycles. The molecule has 3 aromatic rings. The van der Waals surface area contributed by atoms with E-state index >= 15 is 0 Å². The van der Waals surface area contributed by atoms with Crippen molar-refractivity contribution >= 4 is 9.84 Å². The minimum absolute atomic E-state index is 0.214. The molecule has 6 heteroatoms. The van der Waals surface area contributed by atoms with Crippen LogP contribution >= 0.6 is 0 Å². The Morgan fingerprint density at radius 2 is 1.65 bits per heavy atom. The van der Waals surface area contributed by atoms with Crippen LogP contribution in [-0.4, -0.2) is 24.8 Å². The van der Waals surface area contributed by atoms with E-state index in [0.717, 1.165) is 11.8 Å². The van der Waals surface area contributed by atoms with Crippen LogP contribution in [0, 0.1) is 0 Å². The van der Waals surface area contributed by atoms with Gasteiger partial charge in [0.15, 0.2) is 15.6 Å². The number of benzene rings is 2. The Morgan fingerprint density at radius 1 is 1.00 bits per heavy atom. The van der Waals surface area contributed by atoms with E-state index in [1.54, 1.807) is 12.1 Å². The van der Waals surface area contributed by atoms with Crippen molar-refractivity contribution in [3.63, 3.8) is 0 Å². The van der Waals surface area contributed by atoms with Crippen molar-refractivity contribution in [2.75, 3.05) is 6.26 Å². The summed E-state index contributed by atoms with van der Waals surface area (Å²) in [5.41, 5.74) is 2.17. The van der Waals surface area contributed by atoms with Gasteiger partial charge in [-0.25, -0.2) is 13.4 Å². The van der Waals surface area contributed by atoms with Gasteiger partial charge in [-0.05, 0) is 24.3 Å². The van der Waals surface area contributed by atoms with E-state index in [-0.39, 0.29) is 17.4 Å². The highest BCUT2D eigenvalue weighted by molar-refractivity contribution is 7.90. The number of oxazole rings is 1. The number of aliphatic hydroxyl groups is 1. The number of hydrogen-bond acceptors (Lipinski definition) is 5. The monoisotopic (exact) mass is 329 g/mol. The number of aliphatic hydroxyl groups excluding tert-OH is 1. The standard InChI is InChI=1S/C17H15NO4S/c1-23(20,21)14-9-7-13(8-10-14)17-16(18-15(11-19)22-17)12-5-3-2-4-6-12/h2-10,19H,11H2,1H3. The lowest BCUT2D eigenvalue weighted by atomic mass is 10.1. The van der Waals surface area contributed by atoms with Gasteiger partial charge in [0.05, 0.1) is 4.90 Å². The van der Waals surface area contributed by atoms with Crippen molar-refractivity contribution in [2.24, 2.45) is 0 Å². The molecule has 0 radical (unpaired) electrons. The summed E-state index contributed by atoms with van der Waals surface area (Å²) in [6.07, 6.45) is 1.16. The lowest BCUT2D eigenvalue weighted by molar-refractivity contribution is 0.241. The average molecular weight is 329 g/mol. The van der Waals surface area contributed by atoms with Gasteiger partial charge in [0.25, 0.3) is 0 Å². The van der Waals surface area contributed by atoms with Gasteiger partial charge in [-0.1, -0.05) is 30.3 Å². The van der Waals surface area contributed by atoms with Crippen molar-refractivity contribution in [3.05, 3.63) is 60.5 Å². The molecule has 0 bridgehead atoms. The van der Waals surface area contributed by atoms with Crippen molar-refractivity contribution in [1.29, 1.82) is 0 Å². The van der Waals surface area contributed by atoms with E-state index in [9.17, 15) is 13.5 Å². The Morgan fingerprint density at radius 3 is 2.22 bits per heavy atom. The average Bonchev–Trinajstić information content (AvgIpc) is 2.99. The molecule has 2 aromatic carbocycles. The quantitative estimate of drug-likeness (QED) is 0.796. The van der Waals surface area contributed by atoms with Gasteiger partial charge < -0.3 is 9.52 Å². The molecular weight excluding hydrogens is 314 g/mol. The smallest absolute Gasteiger partial charge is 0.221 e. The normalized spacial score (nSPS) is 11.6. The molecule has 0 unspecified atom stereocenters. The molecule has 118 valence electrons. The van der Waals surface area contributed by atoms with Crippen LogP contribution in [0.25, 0.3) is 22.6 Å². The Balaban J connectivity index is 2.11. The second-order valence-electron chi connectivity index (χ2n) is 5.11. The number of rotatable bonds is 4. The summed E-state index contributed by atoms with van der Waals surface area (Å²) in [5.74, 6) is 0.714. The lowest BCUT2D eigenvalue weighted by Crippen LogP contribution is -1.96. The highest BCUT2D eigenvalue weighted by atomic mass is 32.2. The van der Waals surface area contributed by atoms with Crippen molar-refractivity contribution in [3.8, 4) is 22.6 Å². The van der Waals surface area contributed by atoms with E-state index in [1.165, 1.54) is 12.1 Å². The summed E-state index contributed by atoms with van der Waals surface area (Å²) in [7, 11) is -3.25. The van der Waals surface area contributed by atoms with Gasteiger partial charge in [-0.3, -0.25) is 0 Å². The summed E-state index contributed by atoms with van der Waals surface area (Å²) in [6, 6.07) is 15.9. The third-order valence-electron chi connectivity index (χ3n) is 3.40. The minimum Gasteiger partial charge on any atom is -0.437 e. The third kappa shape index (κ3) is 3.18. The van der Waals surface area contributed by atoms with Gasteiger partial charge in [0.2, 0.25) is 5.89 Å². The predicted octanol–water partition coefficient (Wildman–Crippen LogP) is 2.90. The molecule has 1 N–H and O–H groups in total. The second kappa shape index (κ2) is 5.98. The third-order valence-corrected chi connectivity index (χ3v) is 4.53. The molecule has 0 atom stereocenters. The fraction of sp³-hybridized carbons (Fsp3) is 0.118. The van der Waals surface area contributed by atoms with Crippen molar-refractivity contribution in [2.45, 2.75) is 11.5 Å². The zero-order valence-electron chi connectivity index (χ0n) is 12.4. The van der Waals surface area contributed by atoms with Crippen LogP contribution in [0.3, 0.4) is 0 Å². The number of sulfone groups is 1. The first-order valence-corrected chi connectivity index (χ1v) is 8.84. The minimum atomic E-state index is -3.25. The summed E-state index contributed by atoms with van der Waals surface area (Å²) in [4.78, 5) is 4.55. The van der Waals surface area contributed by atoms with Gasteiger partial charge in [-0.2, -0.15) is 0 Å². The number of hydrogen-bond donors (Lipinski definition) is 1. The zero-order valence-corrected chi connectivity index (χ0v) is 13.2. The molecule has 3 rings (SSSR count). The molecule has 1 aromatic heterocycles. The molecule has 0 fully saturated rings. The highest BCUT2D eigenvalue weighted by Gasteiger charge is 2.17. The Hall–Kier alpha value is -2.44. The van der Waals surface area contributed by atoms with Gasteiger partial charge >= 0.3 is 0 Å². The maximum Gasteiger partial charge on any atom is 0.221 e. The van der Waals surface area contributed by atoms with Crippen LogP contribution in [0.4, 0.5) is 0 Å². The fourth-order valence-electron chi connectivity index (χ4n) is 2.27. The summed E-state index contributed by atoms with van der Waals surface area (Å²) >= 11 is 0. The first-order chi connectivity index (χ1) is 11.0. The number of nitrogens with zero attached hydrogens (tertiary/aromatic N) is 1. The highest BCUT2D eigenvalue weighted by Crippen LogP contribution is 2.33. The van der Waals surface area contributed by atoms with Crippen molar-refractivity contribution < 1.29 is 17.9 Å². The van der Waals surface area contributed by atoms with Crippen LogP contribution in [-0.2, 0) is 16.4 Å². The zero-order chi connectivity index (χ0) is 16.4. The molecule has 0 aliphatic carbocycles. The lowest BCUT2D eigenvalue weighted by Gasteiger charge is -2.03. The molecule has 0 aliphatic rings. The van der Waals surface area contributed by atoms with Crippen LogP contribution in [0.1, 0.15) is 5.89 Å². The maximum absolute atomic E-state index is 11.6. The topological polar surface area (TPSA) is 80.4 Å². The van der Waals surface area contributed by atoms with E-state index in [2.05, 4.69) is 4.98 Å². The molecule has 0 saturated heterocycles. The van der Waals surface area contributed by atoms with Crippen LogP contribution in [0.2, 0.25) is 0 Å². The first kappa shape index (κ1) is 15.5. The van der Waals surface area contributed by atoms with E-state index in [0.29, 0.717) is 17.0 Å². The molecular formula is C17H15NO4S. The van der Waals surface area contributed by atoms with Crippen LogP contribution in [0.15, 0.2) is 63.9 Å². The van der Waals surface area contributed by atoms with E-state index < -0.39 is 9.84 Å². The predicted molar refractivity (Wildman–Crippen MR) is 86.4 cm³/mol. The van der Waals surface area contributed by atoms with Gasteiger partial charge in [0.1, 0.15) is 12.3 Å². The summed E-state index contributed by atoms with van der Waals surface area (Å²) in [6.45, 7) is -0.304. The largest absolute Gasteiger partial charge is 0.437 e. The molecule has 0 spiro atoms. The Bertz CT molecular complexity index is 913. The molecule has 0 aliphatic heterocycles. The molecule has 0 amide bonds. The summed E-state index contributed by atoms with van der Waals surface area (Å²) in [5, 5.41) is 9.28. The SMILES string of the molecule is CS(=O)(=O)c1ccc(-c2oc(CO)nc2-c2ccccc2)cc1. The second-order valence-corrected chi connectivity index (χ2v) is 7.12. The van der Waals surface area contributed by atoms with Crippen molar-refractivity contribution in [1.82, 2.24) is 4.98 Å². The van der Waals surface area contributed by atoms with Gasteiger partial charge in [0, 0.05) is 17.4 Å². The molecule has 5 nitrogen and oxygen atoms in total. The van der Waals surface area contributed by atoms with E-state index in [4.69, 9.17) is 4.42 Å². The summed E-state index contributed by atoms with van der Waals surface area (Å²) < 4.78 is 28.7. The first-order valence-electron chi connectivity index (χ1n) is 6.95. The maximum atomic E-state index is 11.6. The number of aromatic nitrogens is 1. The Labute approximate surface area is 134 Å². The van der Waals surface area contributed by atoms with Gasteiger partial charge in [-0.15, -0.1) is 0 Å².